The number of primary amides is 1. The molecule has 3 heterocycles. The van der Waals surface area contributed by atoms with Gasteiger partial charge in [-0.15, -0.1) is 0 Å². The van der Waals surface area contributed by atoms with Gasteiger partial charge < -0.3 is 30.7 Å². The van der Waals surface area contributed by atoms with E-state index >= 15 is 0 Å². The van der Waals surface area contributed by atoms with E-state index in [0.717, 1.165) is 11.1 Å². The van der Waals surface area contributed by atoms with Crippen LogP contribution < -0.4 is 20.5 Å². The fourth-order valence-corrected chi connectivity index (χ4v) is 5.18. The highest BCUT2D eigenvalue weighted by atomic mass is 16.5. The van der Waals surface area contributed by atoms with Gasteiger partial charge in [-0.1, -0.05) is 12.1 Å². The first kappa shape index (κ1) is 31.0. The Morgan fingerprint density at radius 3 is 2.34 bits per heavy atom. The molecule has 1 saturated carbocycles. The Hall–Kier alpha value is -4.48. The highest BCUT2D eigenvalue weighted by molar-refractivity contribution is 6.00. The average Bonchev–Trinajstić information content (AvgIpc) is 3.40. The second-order valence-corrected chi connectivity index (χ2v) is 12.5. The molecule has 232 valence electrons. The van der Waals surface area contributed by atoms with Crippen molar-refractivity contribution in [3.63, 3.8) is 0 Å². The van der Waals surface area contributed by atoms with Crippen molar-refractivity contribution >= 4 is 17.3 Å². The van der Waals surface area contributed by atoms with Gasteiger partial charge in [0.15, 0.2) is 0 Å². The van der Waals surface area contributed by atoms with E-state index in [-0.39, 0.29) is 24.7 Å². The smallest absolute Gasteiger partial charge is 0.255 e. The minimum absolute atomic E-state index is 0.0333. The Labute approximate surface area is 256 Å². The molecule has 5 rings (SSSR count). The van der Waals surface area contributed by atoms with E-state index in [9.17, 15) is 19.8 Å². The van der Waals surface area contributed by atoms with Gasteiger partial charge in [0.1, 0.15) is 23.7 Å². The molecule has 1 aromatic carbocycles. The van der Waals surface area contributed by atoms with E-state index in [1.54, 1.807) is 81.0 Å². The Morgan fingerprint density at radius 2 is 1.70 bits per heavy atom. The molecule has 0 bridgehead atoms. The van der Waals surface area contributed by atoms with Crippen molar-refractivity contribution in [3.05, 3.63) is 77.9 Å². The number of pyridine rings is 2. The number of rotatable bonds is 10. The number of aromatic nitrogens is 3. The van der Waals surface area contributed by atoms with Crippen LogP contribution >= 0.6 is 0 Å². The third-order valence-corrected chi connectivity index (χ3v) is 7.60. The molecule has 44 heavy (non-hydrogen) atoms. The number of aliphatic hydroxyl groups is 2. The molecule has 4 aromatic rings. The Kier molecular flexibility index (Phi) is 8.62. The summed E-state index contributed by atoms with van der Waals surface area (Å²) in [5, 5.41) is 27.5. The molecule has 1 aliphatic rings. The van der Waals surface area contributed by atoms with Gasteiger partial charge in [0, 0.05) is 17.8 Å². The number of hydrogen-bond acceptors (Lipinski definition) is 8. The molecule has 0 atom stereocenters. The Balaban J connectivity index is 1.20. The molecule has 5 N–H and O–H groups in total. The zero-order valence-electron chi connectivity index (χ0n) is 25.4. The highest BCUT2D eigenvalue weighted by Crippen LogP contribution is 2.31. The maximum atomic E-state index is 13.1. The van der Waals surface area contributed by atoms with Crippen molar-refractivity contribution in [1.29, 1.82) is 0 Å². The average molecular weight is 602 g/mol. The summed E-state index contributed by atoms with van der Waals surface area (Å²) in [5.41, 5.74) is 7.23. The van der Waals surface area contributed by atoms with Crippen molar-refractivity contribution in [3.8, 4) is 22.6 Å². The zero-order valence-corrected chi connectivity index (χ0v) is 25.4. The van der Waals surface area contributed by atoms with Crippen LogP contribution in [0, 0.1) is 0 Å². The van der Waals surface area contributed by atoms with E-state index in [1.807, 2.05) is 6.07 Å². The van der Waals surface area contributed by atoms with Crippen molar-refractivity contribution in [2.75, 3.05) is 6.61 Å². The molecule has 1 aliphatic carbocycles. The first-order valence-electron chi connectivity index (χ1n) is 14.7. The van der Waals surface area contributed by atoms with E-state index < -0.39 is 17.1 Å². The first-order valence-corrected chi connectivity index (χ1v) is 14.7. The molecule has 11 nitrogen and oxygen atoms in total. The third-order valence-electron chi connectivity index (χ3n) is 7.60. The molecule has 0 saturated heterocycles. The van der Waals surface area contributed by atoms with Gasteiger partial charge >= 0.3 is 0 Å². The molecular formula is C33H39N5O6. The lowest BCUT2D eigenvalue weighted by molar-refractivity contribution is 0.0283. The lowest BCUT2D eigenvalue weighted by Gasteiger charge is -2.30. The van der Waals surface area contributed by atoms with Gasteiger partial charge in [-0.05, 0) is 89.3 Å². The second-order valence-electron chi connectivity index (χ2n) is 12.5. The summed E-state index contributed by atoms with van der Waals surface area (Å²) >= 11 is 0. The summed E-state index contributed by atoms with van der Waals surface area (Å²) in [6.07, 6.45) is 7.53. The Morgan fingerprint density at radius 1 is 0.977 bits per heavy atom. The van der Waals surface area contributed by atoms with Gasteiger partial charge in [-0.3, -0.25) is 14.6 Å². The molecule has 0 radical (unpaired) electrons. The van der Waals surface area contributed by atoms with Crippen LogP contribution in [-0.4, -0.2) is 61.0 Å². The van der Waals surface area contributed by atoms with Gasteiger partial charge in [0.05, 0.1) is 46.4 Å². The number of amides is 2. The molecule has 2 amide bonds. The Bertz CT molecular complexity index is 1640. The standard InChI is InChI=1S/C33H39N5O6/c1-32(2,41)19-43-24-11-13-27-26(17-36-38(27)18-24)31(40)37-22-7-9-23(10-8-22)44-28-15-20(5-12-25(28)30(34)39)21-6-14-29(35-16-21)33(3,4)42/h5-6,11-18,22-23,41-42H,7-10,19H2,1-4H3,(H2,34,39)(H,37,40). The third kappa shape index (κ3) is 7.35. The fourth-order valence-electron chi connectivity index (χ4n) is 5.18. The van der Waals surface area contributed by atoms with Gasteiger partial charge in [-0.25, -0.2) is 4.52 Å². The lowest BCUT2D eigenvalue weighted by atomic mass is 9.92. The second kappa shape index (κ2) is 12.3. The lowest BCUT2D eigenvalue weighted by Crippen LogP contribution is -2.39. The molecule has 3 aromatic heterocycles. The number of carbonyl (C=O) groups excluding carboxylic acids is 2. The van der Waals surface area contributed by atoms with Crippen LogP contribution in [0.2, 0.25) is 0 Å². The number of ether oxygens (including phenoxy) is 2. The summed E-state index contributed by atoms with van der Waals surface area (Å²) in [6, 6.07) is 12.4. The van der Waals surface area contributed by atoms with Gasteiger partial charge in [0.2, 0.25) is 0 Å². The summed E-state index contributed by atoms with van der Waals surface area (Å²) in [4.78, 5) is 29.7. The minimum atomic E-state index is -1.05. The van der Waals surface area contributed by atoms with Crippen LogP contribution in [0.5, 0.6) is 11.5 Å². The first-order chi connectivity index (χ1) is 20.8. The predicted molar refractivity (Wildman–Crippen MR) is 165 cm³/mol. The number of benzene rings is 1. The maximum Gasteiger partial charge on any atom is 0.255 e. The normalized spacial score (nSPS) is 17.3. The molecule has 0 unspecified atom stereocenters. The van der Waals surface area contributed by atoms with Crippen LogP contribution in [0.3, 0.4) is 0 Å². The molecule has 0 aliphatic heterocycles. The van der Waals surface area contributed by atoms with Crippen molar-refractivity contribution in [2.45, 2.75) is 76.7 Å². The number of fused-ring (bicyclic) bond motifs is 1. The van der Waals surface area contributed by atoms with E-state index in [4.69, 9.17) is 15.2 Å². The summed E-state index contributed by atoms with van der Waals surface area (Å²) in [5.74, 6) is 0.166. The zero-order chi connectivity index (χ0) is 31.6. The van der Waals surface area contributed by atoms with E-state index in [1.165, 1.54) is 6.20 Å². The minimum Gasteiger partial charge on any atom is -0.490 e. The molecular weight excluding hydrogens is 562 g/mol. The molecule has 1 fully saturated rings. The predicted octanol–water partition coefficient (Wildman–Crippen LogP) is 3.99. The SMILES string of the molecule is CC(C)(O)COc1ccc2c(C(=O)NC3CCC(Oc4cc(-c5ccc(C(C)(C)O)nc5)ccc4C(N)=O)CC3)cnn2c1. The van der Waals surface area contributed by atoms with Gasteiger partial charge in [0.25, 0.3) is 11.8 Å². The summed E-state index contributed by atoms with van der Waals surface area (Å²) < 4.78 is 13.5. The number of nitrogens with two attached hydrogens (primary N) is 1. The van der Waals surface area contributed by atoms with Crippen LogP contribution in [0.4, 0.5) is 0 Å². The number of carbonyl (C=O) groups is 2. The van der Waals surface area contributed by atoms with Crippen LogP contribution in [0.1, 0.15) is 79.8 Å². The molecule has 0 spiro atoms. The van der Waals surface area contributed by atoms with Crippen molar-refractivity contribution in [1.82, 2.24) is 19.9 Å². The fraction of sp³-hybridized carbons (Fsp3) is 0.394. The van der Waals surface area contributed by atoms with E-state index in [2.05, 4.69) is 15.4 Å². The quantitative estimate of drug-likeness (QED) is 0.212. The molecule has 11 heteroatoms. The van der Waals surface area contributed by atoms with Crippen molar-refractivity contribution < 1.29 is 29.3 Å². The van der Waals surface area contributed by atoms with Crippen LogP contribution in [0.15, 0.2) is 61.1 Å². The highest BCUT2D eigenvalue weighted by Gasteiger charge is 2.26. The maximum absolute atomic E-state index is 13.1. The van der Waals surface area contributed by atoms with E-state index in [0.29, 0.717) is 59.5 Å². The number of nitrogens with one attached hydrogen (secondary N) is 1. The monoisotopic (exact) mass is 601 g/mol. The number of nitrogens with zero attached hydrogens (tertiary/aromatic N) is 3. The summed E-state index contributed by atoms with van der Waals surface area (Å²) in [7, 11) is 0. The van der Waals surface area contributed by atoms with Crippen LogP contribution in [0.25, 0.3) is 16.6 Å². The van der Waals surface area contributed by atoms with Gasteiger partial charge in [-0.2, -0.15) is 5.10 Å². The van der Waals surface area contributed by atoms with Crippen molar-refractivity contribution in [2.24, 2.45) is 5.73 Å². The number of hydrogen-bond donors (Lipinski definition) is 4. The largest absolute Gasteiger partial charge is 0.490 e. The van der Waals surface area contributed by atoms with Crippen LogP contribution in [-0.2, 0) is 5.60 Å². The summed E-state index contributed by atoms with van der Waals surface area (Å²) in [6.45, 7) is 6.81. The topological polar surface area (TPSA) is 161 Å².